The van der Waals surface area contributed by atoms with E-state index < -0.39 is 0 Å². The molecule has 3 aliphatic rings. The van der Waals surface area contributed by atoms with Gasteiger partial charge in [-0.25, -0.2) is 0 Å². The summed E-state index contributed by atoms with van der Waals surface area (Å²) >= 11 is 2.04. The van der Waals surface area contributed by atoms with Crippen LogP contribution in [0.4, 0.5) is 0 Å². The summed E-state index contributed by atoms with van der Waals surface area (Å²) in [7, 11) is 0. The third kappa shape index (κ3) is 4.04. The first kappa shape index (κ1) is 17.0. The van der Waals surface area contributed by atoms with E-state index in [-0.39, 0.29) is 0 Å². The van der Waals surface area contributed by atoms with Crippen molar-refractivity contribution in [3.8, 4) is 0 Å². The maximum Gasteiger partial charge on any atom is 0.0353 e. The Labute approximate surface area is 151 Å². The SMILES string of the molecule is C[C@@H]1CCCCN1C1CN(Cc2ccc(CN3CCCCC3)s2)C1. The molecule has 1 aromatic heterocycles. The highest BCUT2D eigenvalue weighted by Gasteiger charge is 2.34. The smallest absolute Gasteiger partial charge is 0.0353 e. The van der Waals surface area contributed by atoms with Crippen molar-refractivity contribution >= 4 is 11.3 Å². The summed E-state index contributed by atoms with van der Waals surface area (Å²) in [6, 6.07) is 6.39. The van der Waals surface area contributed by atoms with E-state index in [0.29, 0.717) is 0 Å². The van der Waals surface area contributed by atoms with E-state index in [1.54, 1.807) is 9.75 Å². The number of likely N-dealkylation sites (tertiary alicyclic amines) is 3. The molecule has 0 radical (unpaired) electrons. The van der Waals surface area contributed by atoms with Crippen LogP contribution in [0.1, 0.15) is 55.2 Å². The van der Waals surface area contributed by atoms with E-state index >= 15 is 0 Å². The molecule has 134 valence electrons. The standard InChI is InChI=1S/C20H33N3S/c1-17-7-3-6-12-23(17)18-13-22(14-18)16-20-9-8-19(24-20)15-21-10-4-2-5-11-21/h8-9,17-18H,2-7,10-16H2,1H3/t17-/m1/s1. The van der Waals surface area contributed by atoms with Gasteiger partial charge in [0.25, 0.3) is 0 Å². The van der Waals surface area contributed by atoms with Gasteiger partial charge < -0.3 is 0 Å². The van der Waals surface area contributed by atoms with E-state index in [0.717, 1.165) is 12.1 Å². The number of thiophene rings is 1. The first-order chi connectivity index (χ1) is 11.8. The topological polar surface area (TPSA) is 9.72 Å². The minimum absolute atomic E-state index is 0.809. The Kier molecular flexibility index (Phi) is 5.57. The molecule has 1 aromatic rings. The molecule has 1 atom stereocenters. The molecular formula is C20H33N3S. The summed E-state index contributed by atoms with van der Waals surface area (Å²) in [5.74, 6) is 0. The van der Waals surface area contributed by atoms with E-state index in [1.807, 2.05) is 11.3 Å². The zero-order chi connectivity index (χ0) is 16.4. The van der Waals surface area contributed by atoms with Gasteiger partial charge in [0, 0.05) is 48.0 Å². The summed E-state index contributed by atoms with van der Waals surface area (Å²) in [4.78, 5) is 11.2. The van der Waals surface area contributed by atoms with Gasteiger partial charge >= 0.3 is 0 Å². The van der Waals surface area contributed by atoms with Crippen molar-refractivity contribution in [1.82, 2.24) is 14.7 Å². The Bertz CT molecular complexity index is 517. The van der Waals surface area contributed by atoms with Gasteiger partial charge in [0.15, 0.2) is 0 Å². The van der Waals surface area contributed by atoms with Crippen LogP contribution in [0.5, 0.6) is 0 Å². The van der Waals surface area contributed by atoms with Crippen molar-refractivity contribution in [2.45, 2.75) is 70.6 Å². The third-order valence-corrected chi connectivity index (χ3v) is 7.24. The van der Waals surface area contributed by atoms with Gasteiger partial charge in [0.05, 0.1) is 0 Å². The van der Waals surface area contributed by atoms with Gasteiger partial charge in [-0.2, -0.15) is 0 Å². The van der Waals surface area contributed by atoms with Crippen LogP contribution in [0.15, 0.2) is 12.1 Å². The van der Waals surface area contributed by atoms with E-state index in [9.17, 15) is 0 Å². The summed E-state index contributed by atoms with van der Waals surface area (Å²) in [6.45, 7) is 11.3. The Morgan fingerprint density at radius 3 is 2.25 bits per heavy atom. The quantitative estimate of drug-likeness (QED) is 0.802. The molecule has 3 saturated heterocycles. The zero-order valence-electron chi connectivity index (χ0n) is 15.3. The lowest BCUT2D eigenvalue weighted by Gasteiger charge is -2.49. The van der Waals surface area contributed by atoms with Crippen LogP contribution < -0.4 is 0 Å². The predicted octanol–water partition coefficient (Wildman–Crippen LogP) is 3.79. The Morgan fingerprint density at radius 1 is 0.875 bits per heavy atom. The highest BCUT2D eigenvalue weighted by atomic mass is 32.1. The lowest BCUT2D eigenvalue weighted by molar-refractivity contribution is -0.00574. The fourth-order valence-corrected chi connectivity index (χ4v) is 5.80. The fraction of sp³-hybridized carbons (Fsp3) is 0.800. The average Bonchev–Trinajstić information content (AvgIpc) is 3.00. The molecule has 24 heavy (non-hydrogen) atoms. The highest BCUT2D eigenvalue weighted by molar-refractivity contribution is 7.11. The van der Waals surface area contributed by atoms with Crippen LogP contribution in [-0.2, 0) is 13.1 Å². The minimum atomic E-state index is 0.809. The summed E-state index contributed by atoms with van der Waals surface area (Å²) in [5.41, 5.74) is 0. The molecule has 3 nitrogen and oxygen atoms in total. The predicted molar refractivity (Wildman–Crippen MR) is 103 cm³/mol. The molecule has 0 saturated carbocycles. The molecule has 3 fully saturated rings. The van der Waals surface area contributed by atoms with Crippen LogP contribution in [0.3, 0.4) is 0 Å². The number of hydrogen-bond acceptors (Lipinski definition) is 4. The van der Waals surface area contributed by atoms with Gasteiger partial charge in [0.2, 0.25) is 0 Å². The molecule has 0 bridgehead atoms. The van der Waals surface area contributed by atoms with Crippen molar-refractivity contribution in [3.63, 3.8) is 0 Å². The van der Waals surface area contributed by atoms with Gasteiger partial charge in [-0.05, 0) is 64.4 Å². The molecule has 0 aromatic carbocycles. The van der Waals surface area contributed by atoms with Crippen LogP contribution >= 0.6 is 11.3 Å². The van der Waals surface area contributed by atoms with Crippen LogP contribution in [0.2, 0.25) is 0 Å². The van der Waals surface area contributed by atoms with Gasteiger partial charge in [-0.3, -0.25) is 14.7 Å². The van der Waals surface area contributed by atoms with Crippen LogP contribution in [0, 0.1) is 0 Å². The molecule has 3 aliphatic heterocycles. The van der Waals surface area contributed by atoms with Crippen molar-refractivity contribution in [1.29, 1.82) is 0 Å². The van der Waals surface area contributed by atoms with E-state index in [2.05, 4.69) is 33.8 Å². The fourth-order valence-electron chi connectivity index (χ4n) is 4.69. The lowest BCUT2D eigenvalue weighted by Crippen LogP contribution is -2.61. The summed E-state index contributed by atoms with van der Waals surface area (Å²) in [6.07, 6.45) is 8.46. The molecule has 0 amide bonds. The normalized spacial score (nSPS) is 28.1. The number of nitrogens with zero attached hydrogens (tertiary/aromatic N) is 3. The highest BCUT2D eigenvalue weighted by Crippen LogP contribution is 2.27. The first-order valence-electron chi connectivity index (χ1n) is 10.1. The number of hydrogen-bond donors (Lipinski definition) is 0. The van der Waals surface area contributed by atoms with Gasteiger partial charge in [0.1, 0.15) is 0 Å². The summed E-state index contributed by atoms with van der Waals surface area (Å²) in [5, 5.41) is 0. The largest absolute Gasteiger partial charge is 0.298 e. The van der Waals surface area contributed by atoms with Gasteiger partial charge in [-0.1, -0.05) is 12.8 Å². The van der Waals surface area contributed by atoms with Crippen LogP contribution in [0.25, 0.3) is 0 Å². The molecule has 4 rings (SSSR count). The number of piperidine rings is 2. The van der Waals surface area contributed by atoms with Crippen LogP contribution in [-0.4, -0.2) is 59.5 Å². The Hall–Kier alpha value is -0.420. The maximum atomic E-state index is 2.77. The van der Waals surface area contributed by atoms with E-state index in [4.69, 9.17) is 0 Å². The van der Waals surface area contributed by atoms with Crippen molar-refractivity contribution in [2.75, 3.05) is 32.7 Å². The summed E-state index contributed by atoms with van der Waals surface area (Å²) < 4.78 is 0. The molecule has 4 heterocycles. The number of rotatable bonds is 5. The second-order valence-electron chi connectivity index (χ2n) is 8.14. The molecule has 4 heteroatoms. The van der Waals surface area contributed by atoms with Crippen molar-refractivity contribution in [3.05, 3.63) is 21.9 Å². The molecule has 0 spiro atoms. The monoisotopic (exact) mass is 347 g/mol. The van der Waals surface area contributed by atoms with Crippen molar-refractivity contribution in [2.24, 2.45) is 0 Å². The third-order valence-electron chi connectivity index (χ3n) is 6.19. The Morgan fingerprint density at radius 2 is 1.54 bits per heavy atom. The van der Waals surface area contributed by atoms with E-state index in [1.165, 1.54) is 84.3 Å². The molecular weight excluding hydrogens is 314 g/mol. The minimum Gasteiger partial charge on any atom is -0.298 e. The van der Waals surface area contributed by atoms with Gasteiger partial charge in [-0.15, -0.1) is 11.3 Å². The molecule has 0 unspecified atom stereocenters. The lowest BCUT2D eigenvalue weighted by atomic mass is 9.97. The average molecular weight is 348 g/mol. The molecule has 0 N–H and O–H groups in total. The van der Waals surface area contributed by atoms with Crippen molar-refractivity contribution < 1.29 is 0 Å². The first-order valence-corrected chi connectivity index (χ1v) is 10.9. The molecule has 0 aliphatic carbocycles. The maximum absolute atomic E-state index is 2.77. The second-order valence-corrected chi connectivity index (χ2v) is 9.39. The Balaban J connectivity index is 1.22. The second kappa shape index (κ2) is 7.86. The zero-order valence-corrected chi connectivity index (χ0v) is 16.1.